The normalized spacial score (nSPS) is 13.8. The quantitative estimate of drug-likeness (QED) is 0.862. The fourth-order valence-corrected chi connectivity index (χ4v) is 2.22. The van der Waals surface area contributed by atoms with Crippen LogP contribution >= 0.6 is 0 Å². The zero-order valence-corrected chi connectivity index (χ0v) is 15.0. The molecule has 0 heterocycles. The van der Waals surface area contributed by atoms with Crippen molar-refractivity contribution in [2.24, 2.45) is 0 Å². The van der Waals surface area contributed by atoms with Gasteiger partial charge in [0.2, 0.25) is 0 Å². The molecule has 0 radical (unpaired) electrons. The van der Waals surface area contributed by atoms with Crippen LogP contribution in [0.1, 0.15) is 65.2 Å². The Labute approximate surface area is 134 Å². The first-order valence-corrected chi connectivity index (χ1v) is 7.94. The Morgan fingerprint density at radius 2 is 1.50 bits per heavy atom. The van der Waals surface area contributed by atoms with Gasteiger partial charge in [0.25, 0.3) is 0 Å². The predicted molar refractivity (Wildman–Crippen MR) is 90.2 cm³/mol. The summed E-state index contributed by atoms with van der Waals surface area (Å²) >= 11 is 0. The lowest BCUT2D eigenvalue weighted by Crippen LogP contribution is -2.26. The van der Waals surface area contributed by atoms with Gasteiger partial charge in [0, 0.05) is 6.42 Å². The molecule has 124 valence electrons. The van der Waals surface area contributed by atoms with Crippen LogP contribution in [0.5, 0.6) is 0 Å². The van der Waals surface area contributed by atoms with E-state index in [0.717, 1.165) is 5.56 Å². The van der Waals surface area contributed by atoms with Gasteiger partial charge < -0.3 is 9.84 Å². The molecule has 3 heteroatoms. The highest BCUT2D eigenvalue weighted by molar-refractivity contribution is 5.74. The van der Waals surface area contributed by atoms with E-state index in [4.69, 9.17) is 4.74 Å². The minimum atomic E-state index is -1.11. The number of hydrogen-bond acceptors (Lipinski definition) is 3. The first kappa shape index (κ1) is 18.7. The van der Waals surface area contributed by atoms with Gasteiger partial charge in [0.05, 0.1) is 6.61 Å². The number of aliphatic hydroxyl groups is 1. The second-order valence-corrected chi connectivity index (χ2v) is 7.89. The summed E-state index contributed by atoms with van der Waals surface area (Å²) in [5, 5.41) is 10.0. The van der Waals surface area contributed by atoms with E-state index in [9.17, 15) is 9.90 Å². The van der Waals surface area contributed by atoms with Gasteiger partial charge in [-0.05, 0) is 34.4 Å². The van der Waals surface area contributed by atoms with E-state index in [1.807, 2.05) is 0 Å². The predicted octanol–water partition coefficient (Wildman–Crippen LogP) is 3.75. The summed E-state index contributed by atoms with van der Waals surface area (Å²) in [5.74, 6) is -0.555. The minimum Gasteiger partial charge on any atom is -0.464 e. The third-order valence-corrected chi connectivity index (χ3v) is 3.71. The van der Waals surface area contributed by atoms with Gasteiger partial charge in [0.1, 0.15) is 0 Å². The van der Waals surface area contributed by atoms with Gasteiger partial charge in [-0.3, -0.25) is 0 Å². The fraction of sp³-hybridized carbons (Fsp3) is 0.632. The molecule has 0 aliphatic carbocycles. The summed E-state index contributed by atoms with van der Waals surface area (Å²) in [6.07, 6.45) is -0.825. The Morgan fingerprint density at radius 1 is 1.05 bits per heavy atom. The molecule has 0 fully saturated rings. The molecule has 0 aliphatic heterocycles. The number of rotatable bonds is 4. The molecule has 0 aromatic heterocycles. The van der Waals surface area contributed by atoms with Crippen LogP contribution in [0.15, 0.2) is 18.2 Å². The molecule has 1 unspecified atom stereocenters. The van der Waals surface area contributed by atoms with E-state index in [-0.39, 0.29) is 23.9 Å². The fourth-order valence-electron chi connectivity index (χ4n) is 2.22. The van der Waals surface area contributed by atoms with Crippen molar-refractivity contribution in [2.45, 2.75) is 71.8 Å². The van der Waals surface area contributed by atoms with Crippen molar-refractivity contribution in [2.75, 3.05) is 6.61 Å². The Morgan fingerprint density at radius 3 is 1.86 bits per heavy atom. The number of benzene rings is 1. The number of esters is 1. The van der Waals surface area contributed by atoms with Crippen LogP contribution in [0, 0.1) is 0 Å². The molecule has 3 nitrogen and oxygen atoms in total. The zero-order chi connectivity index (χ0) is 17.1. The van der Waals surface area contributed by atoms with E-state index >= 15 is 0 Å². The van der Waals surface area contributed by atoms with Crippen LogP contribution in [0.4, 0.5) is 0 Å². The minimum absolute atomic E-state index is 0.0187. The van der Waals surface area contributed by atoms with Crippen LogP contribution in [0.25, 0.3) is 0 Å². The molecule has 0 amide bonds. The Balaban J connectivity index is 3.16. The summed E-state index contributed by atoms with van der Waals surface area (Å²) in [7, 11) is 0. The van der Waals surface area contributed by atoms with Gasteiger partial charge in [-0.25, -0.2) is 4.79 Å². The second-order valence-electron chi connectivity index (χ2n) is 7.89. The molecule has 0 saturated heterocycles. The third kappa shape index (κ3) is 5.13. The van der Waals surface area contributed by atoms with Gasteiger partial charge in [0.15, 0.2) is 6.10 Å². The SMILES string of the molecule is CCOC(=O)C(O)Cc1cc(C(C)(C)C)cc(C(C)(C)C)c1. The number of carbonyl (C=O) groups is 1. The molecule has 1 aromatic rings. The van der Waals surface area contributed by atoms with Gasteiger partial charge >= 0.3 is 5.97 Å². The van der Waals surface area contributed by atoms with Crippen LogP contribution in [0.3, 0.4) is 0 Å². The van der Waals surface area contributed by atoms with Gasteiger partial charge in [-0.2, -0.15) is 0 Å². The molecule has 0 aliphatic rings. The maximum atomic E-state index is 11.6. The van der Waals surface area contributed by atoms with Crippen LogP contribution < -0.4 is 0 Å². The second kappa shape index (κ2) is 6.82. The highest BCUT2D eigenvalue weighted by atomic mass is 16.5. The maximum absolute atomic E-state index is 11.6. The summed E-state index contributed by atoms with van der Waals surface area (Å²) < 4.78 is 4.88. The zero-order valence-electron chi connectivity index (χ0n) is 15.0. The first-order valence-electron chi connectivity index (χ1n) is 7.94. The van der Waals surface area contributed by atoms with E-state index in [2.05, 4.69) is 59.7 Å². The number of hydrogen-bond donors (Lipinski definition) is 1. The smallest absolute Gasteiger partial charge is 0.335 e. The Hall–Kier alpha value is -1.35. The highest BCUT2D eigenvalue weighted by Gasteiger charge is 2.23. The van der Waals surface area contributed by atoms with Crippen LogP contribution in [-0.2, 0) is 26.8 Å². The summed E-state index contributed by atoms with van der Waals surface area (Å²) in [5.41, 5.74) is 3.44. The van der Waals surface area contributed by atoms with E-state index < -0.39 is 12.1 Å². The average molecular weight is 306 g/mol. The summed E-state index contributed by atoms with van der Waals surface area (Å²) in [6, 6.07) is 6.38. The first-order chi connectivity index (χ1) is 9.95. The number of carbonyl (C=O) groups excluding carboxylic acids is 1. The monoisotopic (exact) mass is 306 g/mol. The molecular formula is C19H30O3. The van der Waals surface area contributed by atoms with E-state index in [1.54, 1.807) is 6.92 Å². The molecule has 1 aromatic carbocycles. The molecule has 0 saturated carbocycles. The van der Waals surface area contributed by atoms with Crippen molar-refractivity contribution < 1.29 is 14.6 Å². The number of ether oxygens (including phenoxy) is 1. The van der Waals surface area contributed by atoms with Crippen molar-refractivity contribution in [3.63, 3.8) is 0 Å². The van der Waals surface area contributed by atoms with Crippen molar-refractivity contribution >= 4 is 5.97 Å². The van der Waals surface area contributed by atoms with Gasteiger partial charge in [-0.15, -0.1) is 0 Å². The maximum Gasteiger partial charge on any atom is 0.335 e. The lowest BCUT2D eigenvalue weighted by atomic mass is 9.79. The summed E-state index contributed by atoms with van der Waals surface area (Å²) in [6.45, 7) is 15.0. The highest BCUT2D eigenvalue weighted by Crippen LogP contribution is 2.30. The van der Waals surface area contributed by atoms with E-state index in [0.29, 0.717) is 0 Å². The molecule has 0 bridgehead atoms. The van der Waals surface area contributed by atoms with Crippen LogP contribution in [-0.4, -0.2) is 23.8 Å². The van der Waals surface area contributed by atoms with Gasteiger partial charge in [-0.1, -0.05) is 59.7 Å². The van der Waals surface area contributed by atoms with Crippen molar-refractivity contribution in [1.29, 1.82) is 0 Å². The van der Waals surface area contributed by atoms with E-state index in [1.165, 1.54) is 11.1 Å². The Bertz CT molecular complexity index is 486. The molecule has 1 rings (SSSR count). The molecule has 1 atom stereocenters. The molecule has 0 spiro atoms. The lowest BCUT2D eigenvalue weighted by Gasteiger charge is -2.26. The van der Waals surface area contributed by atoms with Crippen LogP contribution in [0.2, 0.25) is 0 Å². The topological polar surface area (TPSA) is 46.5 Å². The average Bonchev–Trinajstić information content (AvgIpc) is 2.36. The lowest BCUT2D eigenvalue weighted by molar-refractivity contribution is -0.152. The third-order valence-electron chi connectivity index (χ3n) is 3.71. The summed E-state index contributed by atoms with van der Waals surface area (Å²) in [4.78, 5) is 11.6. The Kier molecular flexibility index (Phi) is 5.80. The molecule has 1 N–H and O–H groups in total. The standard InChI is InChI=1S/C19H30O3/c1-8-22-17(21)16(20)11-13-9-14(18(2,3)4)12-15(10-13)19(5,6)7/h9-10,12,16,20H,8,11H2,1-7H3. The largest absolute Gasteiger partial charge is 0.464 e. The van der Waals surface area contributed by atoms with Crippen molar-refractivity contribution in [3.05, 3.63) is 34.9 Å². The molecular weight excluding hydrogens is 276 g/mol. The number of aliphatic hydroxyl groups excluding tert-OH is 1. The van der Waals surface area contributed by atoms with Crippen molar-refractivity contribution in [3.8, 4) is 0 Å². The van der Waals surface area contributed by atoms with Crippen molar-refractivity contribution in [1.82, 2.24) is 0 Å². The molecule has 22 heavy (non-hydrogen) atoms.